The van der Waals surface area contributed by atoms with Gasteiger partial charge < -0.3 is 14.6 Å². The molecule has 1 aliphatic heterocycles. The highest BCUT2D eigenvalue weighted by Gasteiger charge is 2.15. The van der Waals surface area contributed by atoms with Gasteiger partial charge in [-0.25, -0.2) is 4.98 Å². The average Bonchev–Trinajstić information content (AvgIpc) is 2.82. The Morgan fingerprint density at radius 2 is 2.26 bits per heavy atom. The molecule has 1 aliphatic rings. The molecule has 19 heavy (non-hydrogen) atoms. The number of nitrogens with one attached hydrogen (secondary N) is 1. The summed E-state index contributed by atoms with van der Waals surface area (Å²) < 4.78 is 6.58. The van der Waals surface area contributed by atoms with Crippen molar-refractivity contribution in [2.45, 2.75) is 45.1 Å². The van der Waals surface area contributed by atoms with E-state index in [1.54, 1.807) is 6.20 Å². The van der Waals surface area contributed by atoms with Crippen LogP contribution in [-0.2, 0) is 27.3 Å². The molecular formula is C13H19N3O3. The molecule has 0 aromatic carbocycles. The predicted molar refractivity (Wildman–Crippen MR) is 69.7 cm³/mol. The maximum absolute atomic E-state index is 11.8. The Bertz CT molecular complexity index is 468. The SMILES string of the molecule is COC(=O)CCCC(=O)Nc1cnc2n1CCCC2. The van der Waals surface area contributed by atoms with Crippen molar-refractivity contribution in [2.24, 2.45) is 0 Å². The number of methoxy groups -OCH3 is 1. The van der Waals surface area contributed by atoms with E-state index >= 15 is 0 Å². The van der Waals surface area contributed by atoms with Crippen molar-refractivity contribution < 1.29 is 14.3 Å². The molecule has 6 nitrogen and oxygen atoms in total. The molecule has 0 spiro atoms. The van der Waals surface area contributed by atoms with E-state index < -0.39 is 0 Å². The topological polar surface area (TPSA) is 73.2 Å². The van der Waals surface area contributed by atoms with Crippen LogP contribution in [0.3, 0.4) is 0 Å². The van der Waals surface area contributed by atoms with Crippen molar-refractivity contribution in [2.75, 3.05) is 12.4 Å². The van der Waals surface area contributed by atoms with Crippen molar-refractivity contribution >= 4 is 17.7 Å². The van der Waals surface area contributed by atoms with Crippen LogP contribution in [0.15, 0.2) is 6.20 Å². The second-order valence-electron chi connectivity index (χ2n) is 4.65. The van der Waals surface area contributed by atoms with Crippen molar-refractivity contribution in [3.05, 3.63) is 12.0 Å². The number of nitrogens with zero attached hydrogens (tertiary/aromatic N) is 2. The van der Waals surface area contributed by atoms with E-state index in [-0.39, 0.29) is 18.3 Å². The lowest BCUT2D eigenvalue weighted by Gasteiger charge is -2.16. The monoisotopic (exact) mass is 265 g/mol. The summed E-state index contributed by atoms with van der Waals surface area (Å²) in [6, 6.07) is 0. The van der Waals surface area contributed by atoms with Gasteiger partial charge in [-0.2, -0.15) is 0 Å². The highest BCUT2D eigenvalue weighted by Crippen LogP contribution is 2.19. The smallest absolute Gasteiger partial charge is 0.305 e. The van der Waals surface area contributed by atoms with Crippen molar-refractivity contribution in [1.29, 1.82) is 0 Å². The van der Waals surface area contributed by atoms with E-state index in [0.717, 1.165) is 37.4 Å². The number of aromatic nitrogens is 2. The molecule has 104 valence electrons. The van der Waals surface area contributed by atoms with Crippen LogP contribution in [-0.4, -0.2) is 28.5 Å². The number of hydrogen-bond donors (Lipinski definition) is 1. The van der Waals surface area contributed by atoms with Crippen LogP contribution < -0.4 is 5.32 Å². The molecule has 0 bridgehead atoms. The van der Waals surface area contributed by atoms with Gasteiger partial charge in [-0.3, -0.25) is 9.59 Å². The molecule has 0 saturated carbocycles. The second kappa shape index (κ2) is 6.36. The number of carbonyl (C=O) groups excluding carboxylic acids is 2. The van der Waals surface area contributed by atoms with E-state index in [9.17, 15) is 9.59 Å². The minimum atomic E-state index is -0.283. The summed E-state index contributed by atoms with van der Waals surface area (Å²) in [5.74, 6) is 1.43. The molecule has 1 aromatic heterocycles. The Hall–Kier alpha value is -1.85. The third kappa shape index (κ3) is 3.56. The van der Waals surface area contributed by atoms with E-state index in [1.807, 2.05) is 0 Å². The number of fused-ring (bicyclic) bond motifs is 1. The van der Waals surface area contributed by atoms with Crippen LogP contribution in [0, 0.1) is 0 Å². The highest BCUT2D eigenvalue weighted by molar-refractivity contribution is 5.90. The number of imidazole rings is 1. The van der Waals surface area contributed by atoms with E-state index in [1.165, 1.54) is 7.11 Å². The summed E-state index contributed by atoms with van der Waals surface area (Å²) in [7, 11) is 1.35. The molecule has 1 N–H and O–H groups in total. The first-order chi connectivity index (χ1) is 9.20. The van der Waals surface area contributed by atoms with Gasteiger partial charge in [0.15, 0.2) is 0 Å². The zero-order valence-electron chi connectivity index (χ0n) is 11.1. The maximum Gasteiger partial charge on any atom is 0.305 e. The van der Waals surface area contributed by atoms with Crippen molar-refractivity contribution in [3.63, 3.8) is 0 Å². The van der Waals surface area contributed by atoms with Crippen LogP contribution in [0.4, 0.5) is 5.82 Å². The van der Waals surface area contributed by atoms with Crippen LogP contribution >= 0.6 is 0 Å². The predicted octanol–water partition coefficient (Wildman–Crippen LogP) is 1.50. The molecule has 0 atom stereocenters. The fourth-order valence-corrected chi connectivity index (χ4v) is 2.22. The standard InChI is InChI=1S/C13H19N3O3/c1-19-13(18)7-4-6-12(17)15-11-9-14-10-5-2-3-8-16(10)11/h9H,2-8H2,1H3,(H,15,17). The zero-order chi connectivity index (χ0) is 13.7. The summed E-state index contributed by atoms with van der Waals surface area (Å²) in [5, 5.41) is 2.85. The van der Waals surface area contributed by atoms with Gasteiger partial charge in [-0.1, -0.05) is 0 Å². The molecule has 0 fully saturated rings. The summed E-state index contributed by atoms with van der Waals surface area (Å²) in [4.78, 5) is 27.0. The number of esters is 1. The fraction of sp³-hybridized carbons (Fsp3) is 0.615. The van der Waals surface area contributed by atoms with E-state index in [0.29, 0.717) is 12.8 Å². The van der Waals surface area contributed by atoms with Gasteiger partial charge in [0.05, 0.1) is 13.3 Å². The largest absolute Gasteiger partial charge is 0.469 e. The summed E-state index contributed by atoms with van der Waals surface area (Å²) >= 11 is 0. The number of carbonyl (C=O) groups is 2. The molecular weight excluding hydrogens is 246 g/mol. The molecule has 6 heteroatoms. The first-order valence-electron chi connectivity index (χ1n) is 6.62. The molecule has 0 radical (unpaired) electrons. The Balaban J connectivity index is 1.82. The molecule has 0 aliphatic carbocycles. The van der Waals surface area contributed by atoms with Gasteiger partial charge in [0.25, 0.3) is 0 Å². The Kier molecular flexibility index (Phi) is 4.54. The first kappa shape index (κ1) is 13.6. The molecule has 0 unspecified atom stereocenters. The molecule has 2 rings (SSSR count). The molecule has 0 saturated heterocycles. The van der Waals surface area contributed by atoms with Gasteiger partial charge in [-0.05, 0) is 19.3 Å². The van der Waals surface area contributed by atoms with Gasteiger partial charge >= 0.3 is 5.97 Å². The van der Waals surface area contributed by atoms with Crippen LogP contribution in [0.25, 0.3) is 0 Å². The third-order valence-corrected chi connectivity index (χ3v) is 3.25. The number of ether oxygens (including phenoxy) is 1. The van der Waals surface area contributed by atoms with Crippen LogP contribution in [0.2, 0.25) is 0 Å². The number of aryl methyl sites for hydroxylation is 1. The van der Waals surface area contributed by atoms with E-state index in [2.05, 4.69) is 19.6 Å². The highest BCUT2D eigenvalue weighted by atomic mass is 16.5. The number of hydrogen-bond acceptors (Lipinski definition) is 4. The first-order valence-corrected chi connectivity index (χ1v) is 6.62. The number of rotatable bonds is 5. The maximum atomic E-state index is 11.8. The Labute approximate surface area is 112 Å². The average molecular weight is 265 g/mol. The minimum absolute atomic E-state index is 0.0859. The zero-order valence-corrected chi connectivity index (χ0v) is 11.1. The van der Waals surface area contributed by atoms with Gasteiger partial charge in [-0.15, -0.1) is 0 Å². The van der Waals surface area contributed by atoms with Crippen LogP contribution in [0.5, 0.6) is 0 Å². The van der Waals surface area contributed by atoms with Crippen LogP contribution in [0.1, 0.15) is 37.9 Å². The number of amides is 1. The molecule has 1 amide bonds. The summed E-state index contributed by atoms with van der Waals surface area (Å²) in [5.41, 5.74) is 0. The molecule has 2 heterocycles. The second-order valence-corrected chi connectivity index (χ2v) is 4.65. The Morgan fingerprint density at radius 3 is 3.05 bits per heavy atom. The number of anilines is 1. The Morgan fingerprint density at radius 1 is 1.42 bits per heavy atom. The third-order valence-electron chi connectivity index (χ3n) is 3.25. The lowest BCUT2D eigenvalue weighted by atomic mass is 10.2. The van der Waals surface area contributed by atoms with Gasteiger partial charge in [0.1, 0.15) is 11.6 Å². The summed E-state index contributed by atoms with van der Waals surface area (Å²) in [6.07, 6.45) is 6.04. The quantitative estimate of drug-likeness (QED) is 0.819. The van der Waals surface area contributed by atoms with Gasteiger partial charge in [0, 0.05) is 25.8 Å². The summed E-state index contributed by atoms with van der Waals surface area (Å²) in [6.45, 7) is 0.910. The minimum Gasteiger partial charge on any atom is -0.469 e. The normalized spacial score (nSPS) is 13.7. The van der Waals surface area contributed by atoms with Gasteiger partial charge in [0.2, 0.25) is 5.91 Å². The fourth-order valence-electron chi connectivity index (χ4n) is 2.22. The molecule has 1 aromatic rings. The van der Waals surface area contributed by atoms with Crippen molar-refractivity contribution in [1.82, 2.24) is 9.55 Å². The lowest BCUT2D eigenvalue weighted by molar-refractivity contribution is -0.140. The van der Waals surface area contributed by atoms with E-state index in [4.69, 9.17) is 0 Å². The van der Waals surface area contributed by atoms with Crippen molar-refractivity contribution in [3.8, 4) is 0 Å². The lowest BCUT2D eigenvalue weighted by Crippen LogP contribution is -2.18.